The zero-order valence-electron chi connectivity index (χ0n) is 13.9. The maximum Gasteiger partial charge on any atom is 0.338 e. The predicted molar refractivity (Wildman–Crippen MR) is 95.7 cm³/mol. The second-order valence-corrected chi connectivity index (χ2v) is 7.22. The van der Waals surface area contributed by atoms with E-state index in [1.807, 2.05) is 30.3 Å². The summed E-state index contributed by atoms with van der Waals surface area (Å²) in [5.74, 6) is 0.179. The van der Waals surface area contributed by atoms with Crippen molar-refractivity contribution in [3.63, 3.8) is 0 Å². The van der Waals surface area contributed by atoms with Crippen molar-refractivity contribution in [2.24, 2.45) is 10.9 Å². The Kier molecular flexibility index (Phi) is 4.95. The molecule has 140 valence electrons. The topological polar surface area (TPSA) is 153 Å². The minimum atomic E-state index is -3.84. The van der Waals surface area contributed by atoms with Crippen LogP contribution in [0, 0.1) is 0 Å². The van der Waals surface area contributed by atoms with Gasteiger partial charge in [-0.3, -0.25) is 5.21 Å². The maximum atomic E-state index is 11.5. The van der Waals surface area contributed by atoms with Crippen LogP contribution in [0.3, 0.4) is 0 Å². The number of hydroxylamine groups is 2. The number of sulfonamides is 1. The monoisotopic (exact) mass is 388 g/mol. The summed E-state index contributed by atoms with van der Waals surface area (Å²) in [5, 5.41) is 19.1. The maximum absolute atomic E-state index is 11.5. The van der Waals surface area contributed by atoms with Crippen molar-refractivity contribution in [2.45, 2.75) is 11.4 Å². The average Bonchev–Trinajstić information content (AvgIpc) is 3.05. The molecule has 0 aliphatic rings. The SMILES string of the molecule is NC(=O)N(O)Cc1onc(-c2ccccc2)c1-c1ccc(S(N)(=O)=O)cc1. The van der Waals surface area contributed by atoms with Crippen LogP contribution in [0.15, 0.2) is 64.0 Å². The molecule has 0 aliphatic carbocycles. The van der Waals surface area contributed by atoms with Gasteiger partial charge in [0.05, 0.1) is 10.5 Å². The molecule has 0 saturated carbocycles. The molecule has 3 rings (SSSR count). The number of carbonyl (C=O) groups excluding carboxylic acids is 1. The van der Waals surface area contributed by atoms with Crippen LogP contribution in [0.4, 0.5) is 4.79 Å². The van der Waals surface area contributed by atoms with Gasteiger partial charge in [-0.2, -0.15) is 5.06 Å². The molecule has 0 atom stereocenters. The standard InChI is InChI=1S/C17H16N4O5S/c18-17(22)21(23)10-14-15(11-6-8-13(9-7-11)27(19,24)25)16(20-26-14)12-4-2-1-3-5-12/h1-9,23H,10H2,(H2,18,22)(H2,19,24,25). The first-order valence-corrected chi connectivity index (χ1v) is 9.25. The highest BCUT2D eigenvalue weighted by atomic mass is 32.2. The number of nitrogens with zero attached hydrogens (tertiary/aromatic N) is 2. The van der Waals surface area contributed by atoms with Crippen molar-refractivity contribution in [1.29, 1.82) is 0 Å². The summed E-state index contributed by atoms with van der Waals surface area (Å²) in [5.41, 5.74) is 7.31. The lowest BCUT2D eigenvalue weighted by Gasteiger charge is -2.11. The summed E-state index contributed by atoms with van der Waals surface area (Å²) in [6.45, 7) is -0.332. The van der Waals surface area contributed by atoms with E-state index in [1.165, 1.54) is 24.3 Å². The van der Waals surface area contributed by atoms with Crippen LogP contribution in [0.5, 0.6) is 0 Å². The number of nitrogens with two attached hydrogens (primary N) is 2. The van der Waals surface area contributed by atoms with E-state index < -0.39 is 16.1 Å². The normalized spacial score (nSPS) is 11.3. The van der Waals surface area contributed by atoms with Crippen LogP contribution >= 0.6 is 0 Å². The fourth-order valence-electron chi connectivity index (χ4n) is 2.55. The lowest BCUT2D eigenvalue weighted by atomic mass is 9.99. The van der Waals surface area contributed by atoms with E-state index in [4.69, 9.17) is 15.4 Å². The largest absolute Gasteiger partial charge is 0.358 e. The van der Waals surface area contributed by atoms with Gasteiger partial charge in [0.15, 0.2) is 5.76 Å². The molecule has 5 N–H and O–H groups in total. The van der Waals surface area contributed by atoms with Gasteiger partial charge in [0.2, 0.25) is 10.0 Å². The molecular weight excluding hydrogens is 372 g/mol. The van der Waals surface area contributed by atoms with Crippen LogP contribution < -0.4 is 10.9 Å². The van der Waals surface area contributed by atoms with Gasteiger partial charge in [-0.05, 0) is 17.7 Å². The third kappa shape index (κ3) is 3.97. The summed E-state index contributed by atoms with van der Waals surface area (Å²) in [7, 11) is -3.84. The van der Waals surface area contributed by atoms with Crippen molar-refractivity contribution in [1.82, 2.24) is 10.2 Å². The van der Waals surface area contributed by atoms with E-state index >= 15 is 0 Å². The van der Waals surface area contributed by atoms with Crippen LogP contribution in [0.2, 0.25) is 0 Å². The van der Waals surface area contributed by atoms with E-state index in [9.17, 15) is 18.4 Å². The highest BCUT2D eigenvalue weighted by Gasteiger charge is 2.22. The zero-order valence-corrected chi connectivity index (χ0v) is 14.8. The fraction of sp³-hybridized carbons (Fsp3) is 0.0588. The fourth-order valence-corrected chi connectivity index (χ4v) is 3.06. The number of rotatable bonds is 5. The van der Waals surface area contributed by atoms with Crippen molar-refractivity contribution in [2.75, 3.05) is 0 Å². The molecule has 10 heteroatoms. The van der Waals surface area contributed by atoms with Crippen molar-refractivity contribution >= 4 is 16.1 Å². The molecule has 0 fully saturated rings. The van der Waals surface area contributed by atoms with Gasteiger partial charge < -0.3 is 10.3 Å². The van der Waals surface area contributed by atoms with Crippen LogP contribution in [0.1, 0.15) is 5.76 Å². The zero-order chi connectivity index (χ0) is 19.6. The molecule has 27 heavy (non-hydrogen) atoms. The van der Waals surface area contributed by atoms with Gasteiger partial charge in [-0.1, -0.05) is 47.6 Å². The number of primary sulfonamides is 1. The number of hydrogen-bond acceptors (Lipinski definition) is 6. The first-order chi connectivity index (χ1) is 12.8. The lowest BCUT2D eigenvalue weighted by Crippen LogP contribution is -2.32. The Balaban J connectivity index is 2.13. The van der Waals surface area contributed by atoms with Gasteiger partial charge in [0.1, 0.15) is 12.2 Å². The van der Waals surface area contributed by atoms with Gasteiger partial charge >= 0.3 is 6.03 Å². The van der Waals surface area contributed by atoms with E-state index in [1.54, 1.807) is 0 Å². The molecule has 1 heterocycles. The lowest BCUT2D eigenvalue weighted by molar-refractivity contribution is -0.0521. The Morgan fingerprint density at radius 3 is 2.26 bits per heavy atom. The van der Waals surface area contributed by atoms with Gasteiger partial charge in [0.25, 0.3) is 0 Å². The van der Waals surface area contributed by atoms with E-state index in [2.05, 4.69) is 5.16 Å². The minimum Gasteiger partial charge on any atom is -0.358 e. The summed E-state index contributed by atoms with van der Waals surface area (Å²) in [4.78, 5) is 11.1. The van der Waals surface area contributed by atoms with Crippen molar-refractivity contribution < 1.29 is 22.9 Å². The number of benzene rings is 2. The van der Waals surface area contributed by atoms with E-state index in [-0.39, 0.29) is 22.3 Å². The molecule has 2 amide bonds. The van der Waals surface area contributed by atoms with Crippen LogP contribution in [-0.4, -0.2) is 29.9 Å². The molecule has 0 bridgehead atoms. The first kappa shape index (κ1) is 18.6. The Labute approximate surface area is 154 Å². The molecular formula is C17H16N4O5S. The number of primary amides is 1. The second kappa shape index (κ2) is 7.19. The molecule has 3 aromatic rings. The van der Waals surface area contributed by atoms with E-state index in [0.29, 0.717) is 16.8 Å². The van der Waals surface area contributed by atoms with Crippen LogP contribution in [0.25, 0.3) is 22.4 Å². The second-order valence-electron chi connectivity index (χ2n) is 5.66. The van der Waals surface area contributed by atoms with Gasteiger partial charge in [-0.15, -0.1) is 0 Å². The summed E-state index contributed by atoms with van der Waals surface area (Å²) in [6, 6.07) is 13.8. The Hall–Kier alpha value is -3.21. The first-order valence-electron chi connectivity index (χ1n) is 7.70. The summed E-state index contributed by atoms with van der Waals surface area (Å²) in [6.07, 6.45) is 0. The molecule has 0 radical (unpaired) electrons. The Bertz CT molecular complexity index is 1060. The highest BCUT2D eigenvalue weighted by molar-refractivity contribution is 7.89. The molecule has 9 nitrogen and oxygen atoms in total. The third-order valence-electron chi connectivity index (χ3n) is 3.83. The third-order valence-corrected chi connectivity index (χ3v) is 4.76. The summed E-state index contributed by atoms with van der Waals surface area (Å²) < 4.78 is 28.2. The van der Waals surface area contributed by atoms with Crippen molar-refractivity contribution in [3.05, 3.63) is 60.4 Å². The van der Waals surface area contributed by atoms with Gasteiger partial charge in [-0.25, -0.2) is 18.4 Å². The number of hydrogen-bond donors (Lipinski definition) is 3. The predicted octanol–water partition coefficient (Wildman–Crippen LogP) is 1.93. The Morgan fingerprint density at radius 2 is 1.70 bits per heavy atom. The summed E-state index contributed by atoms with van der Waals surface area (Å²) >= 11 is 0. The molecule has 1 aromatic heterocycles. The molecule has 0 saturated heterocycles. The minimum absolute atomic E-state index is 0.0496. The molecule has 0 spiro atoms. The smallest absolute Gasteiger partial charge is 0.338 e. The molecule has 0 aliphatic heterocycles. The highest BCUT2D eigenvalue weighted by Crippen LogP contribution is 2.35. The number of urea groups is 1. The Morgan fingerprint density at radius 1 is 1.07 bits per heavy atom. The van der Waals surface area contributed by atoms with Gasteiger partial charge in [0, 0.05) is 5.56 Å². The average molecular weight is 388 g/mol. The molecule has 2 aromatic carbocycles. The molecule has 0 unspecified atom stereocenters. The number of amides is 2. The van der Waals surface area contributed by atoms with E-state index in [0.717, 1.165) is 5.56 Å². The van der Waals surface area contributed by atoms with Crippen LogP contribution in [-0.2, 0) is 16.6 Å². The van der Waals surface area contributed by atoms with Crippen molar-refractivity contribution in [3.8, 4) is 22.4 Å². The number of carbonyl (C=O) groups is 1. The number of aromatic nitrogens is 1. The quantitative estimate of drug-likeness (QED) is 0.448.